The van der Waals surface area contributed by atoms with Gasteiger partial charge in [-0.25, -0.2) is 0 Å². The number of halogens is 2. The summed E-state index contributed by atoms with van der Waals surface area (Å²) in [7, 11) is 3.91. The van der Waals surface area contributed by atoms with Gasteiger partial charge < -0.3 is 9.64 Å². The fourth-order valence-electron chi connectivity index (χ4n) is 4.67. The van der Waals surface area contributed by atoms with Crippen LogP contribution < -0.4 is 9.64 Å². The lowest BCUT2D eigenvalue weighted by Crippen LogP contribution is -2.23. The van der Waals surface area contributed by atoms with E-state index in [1.807, 2.05) is 61.5 Å². The lowest BCUT2D eigenvalue weighted by molar-refractivity contribution is -0.120. The number of nitrogens with zero attached hydrogens (tertiary/aromatic N) is 3. The number of hydrogen-bond donors (Lipinski definition) is 0. The minimum absolute atomic E-state index is 0.151. The van der Waals surface area contributed by atoms with Gasteiger partial charge in [0.2, 0.25) is 0 Å². The Morgan fingerprint density at radius 2 is 1.82 bits per heavy atom. The Kier molecular flexibility index (Phi) is 6.15. The maximum atomic E-state index is 13.5. The summed E-state index contributed by atoms with van der Waals surface area (Å²) in [6.45, 7) is 0.539. The van der Waals surface area contributed by atoms with E-state index in [9.17, 15) is 4.79 Å². The first-order valence-electron chi connectivity index (χ1n) is 11.1. The molecule has 2 aromatic heterocycles. The Hall–Kier alpha value is -3.15. The van der Waals surface area contributed by atoms with Crippen LogP contribution in [0.15, 0.2) is 60.9 Å². The van der Waals surface area contributed by atoms with Crippen LogP contribution in [0, 0.1) is 0 Å². The molecule has 0 N–H and O–H groups in total. The highest BCUT2D eigenvalue weighted by atomic mass is 35.5. The molecule has 0 radical (unpaired) electrons. The molecular weight excluding hydrogens is 469 g/mol. The second kappa shape index (κ2) is 9.24. The number of pyridine rings is 2. The van der Waals surface area contributed by atoms with Crippen LogP contribution in [0.5, 0.6) is 5.75 Å². The van der Waals surface area contributed by atoms with Crippen molar-refractivity contribution in [3.63, 3.8) is 0 Å². The van der Waals surface area contributed by atoms with E-state index in [2.05, 4.69) is 4.98 Å². The van der Waals surface area contributed by atoms with Crippen molar-refractivity contribution in [2.24, 2.45) is 0 Å². The average molecular weight is 492 g/mol. The number of fused-ring (bicyclic) bond motifs is 2. The molecule has 172 valence electrons. The van der Waals surface area contributed by atoms with E-state index in [-0.39, 0.29) is 18.1 Å². The highest BCUT2D eigenvalue weighted by Crippen LogP contribution is 2.38. The number of carbonyl (C=O) groups excluding carboxylic acids is 1. The molecule has 0 amide bonds. The predicted molar refractivity (Wildman–Crippen MR) is 137 cm³/mol. The molecule has 0 saturated carbocycles. The quantitative estimate of drug-likeness (QED) is 0.325. The molecule has 34 heavy (non-hydrogen) atoms. The van der Waals surface area contributed by atoms with E-state index in [0.29, 0.717) is 23.1 Å². The molecule has 5 rings (SSSR count). The maximum Gasteiger partial charge on any atom is 0.145 e. The van der Waals surface area contributed by atoms with Crippen molar-refractivity contribution in [1.29, 1.82) is 0 Å². The Balaban J connectivity index is 1.57. The van der Waals surface area contributed by atoms with Gasteiger partial charge in [-0.15, -0.1) is 0 Å². The monoisotopic (exact) mass is 491 g/mol. The lowest BCUT2D eigenvalue weighted by atomic mass is 9.86. The molecule has 5 nitrogen and oxygen atoms in total. The zero-order valence-corrected chi connectivity index (χ0v) is 20.4. The summed E-state index contributed by atoms with van der Waals surface area (Å²) in [5.74, 6) is 0.754. The van der Waals surface area contributed by atoms with Crippen molar-refractivity contribution in [1.82, 2.24) is 9.97 Å². The van der Waals surface area contributed by atoms with E-state index in [1.54, 1.807) is 18.5 Å². The first-order chi connectivity index (χ1) is 16.4. The molecule has 0 saturated heterocycles. The largest absolute Gasteiger partial charge is 0.493 e. The molecule has 1 aliphatic heterocycles. The topological polar surface area (TPSA) is 55.3 Å². The third kappa shape index (κ3) is 4.22. The highest BCUT2D eigenvalue weighted by Gasteiger charge is 2.28. The van der Waals surface area contributed by atoms with Crippen molar-refractivity contribution >= 4 is 45.7 Å². The predicted octanol–water partition coefficient (Wildman–Crippen LogP) is 6.35. The number of Topliss-reactive ketones (excluding diaryl/α,β-unsaturated/α-hetero) is 1. The van der Waals surface area contributed by atoms with Crippen molar-refractivity contribution in [2.75, 3.05) is 25.6 Å². The van der Waals surface area contributed by atoms with Crippen LogP contribution >= 0.6 is 23.2 Å². The summed E-state index contributed by atoms with van der Waals surface area (Å²) in [5.41, 5.74) is 5.90. The van der Waals surface area contributed by atoms with Crippen molar-refractivity contribution in [3.05, 3.63) is 82.1 Å². The second-order valence-electron chi connectivity index (χ2n) is 8.61. The highest BCUT2D eigenvalue weighted by molar-refractivity contribution is 6.35. The third-order valence-electron chi connectivity index (χ3n) is 6.13. The Bertz CT molecular complexity index is 1380. The number of rotatable bonds is 5. The fourth-order valence-corrected chi connectivity index (χ4v) is 5.20. The zero-order chi connectivity index (χ0) is 23.8. The molecule has 0 fully saturated rings. The van der Waals surface area contributed by atoms with Crippen molar-refractivity contribution in [3.8, 4) is 16.9 Å². The van der Waals surface area contributed by atoms with Crippen LogP contribution in [0.3, 0.4) is 0 Å². The summed E-state index contributed by atoms with van der Waals surface area (Å²) in [6, 6.07) is 15.1. The Morgan fingerprint density at radius 1 is 1.06 bits per heavy atom. The molecular formula is C27H23Cl2N3O2. The summed E-state index contributed by atoms with van der Waals surface area (Å²) in [5, 5.41) is 1.11. The van der Waals surface area contributed by atoms with E-state index < -0.39 is 0 Å². The molecule has 4 aromatic rings. The van der Waals surface area contributed by atoms with E-state index in [4.69, 9.17) is 32.9 Å². The minimum Gasteiger partial charge on any atom is -0.493 e. The van der Waals surface area contributed by atoms with Gasteiger partial charge in [0.15, 0.2) is 0 Å². The van der Waals surface area contributed by atoms with Gasteiger partial charge in [0.1, 0.15) is 17.0 Å². The van der Waals surface area contributed by atoms with Gasteiger partial charge in [-0.1, -0.05) is 41.4 Å². The molecule has 0 unspecified atom stereocenters. The number of carbonyl (C=O) groups is 1. The minimum atomic E-state index is -0.191. The number of ketones is 1. The van der Waals surface area contributed by atoms with Crippen LogP contribution in [0.2, 0.25) is 10.0 Å². The molecule has 3 heterocycles. The normalized spacial score (nSPS) is 15.0. The first kappa shape index (κ1) is 22.6. The van der Waals surface area contributed by atoms with Crippen LogP contribution in [-0.4, -0.2) is 36.5 Å². The van der Waals surface area contributed by atoms with E-state index in [0.717, 1.165) is 44.7 Å². The number of benzene rings is 2. The van der Waals surface area contributed by atoms with Crippen LogP contribution in [0.25, 0.3) is 22.2 Å². The van der Waals surface area contributed by atoms with Gasteiger partial charge in [-0.05, 0) is 42.3 Å². The van der Waals surface area contributed by atoms with Gasteiger partial charge in [-0.2, -0.15) is 0 Å². The summed E-state index contributed by atoms with van der Waals surface area (Å²) < 4.78 is 5.74. The Morgan fingerprint density at radius 3 is 2.59 bits per heavy atom. The number of anilines is 1. The van der Waals surface area contributed by atoms with Crippen molar-refractivity contribution in [2.45, 2.75) is 18.8 Å². The number of para-hydroxylation sites is 1. The average Bonchev–Trinajstić information content (AvgIpc) is 2.82. The van der Waals surface area contributed by atoms with Crippen LogP contribution in [0.4, 0.5) is 5.69 Å². The SMILES string of the molecule is CN(C)c1c(CC(=O)[C@H]2CCOc3ccccc32)cnc2c(-c3cc(Cl)cc(Cl)c3)ccnc12. The smallest absolute Gasteiger partial charge is 0.145 e. The zero-order valence-electron chi connectivity index (χ0n) is 18.9. The van der Waals surface area contributed by atoms with Gasteiger partial charge in [0.05, 0.1) is 17.8 Å². The van der Waals surface area contributed by atoms with E-state index in [1.165, 1.54) is 0 Å². The van der Waals surface area contributed by atoms with Crippen molar-refractivity contribution < 1.29 is 9.53 Å². The molecule has 0 aliphatic carbocycles. The van der Waals surface area contributed by atoms with Gasteiger partial charge in [0.25, 0.3) is 0 Å². The molecule has 2 aromatic carbocycles. The fraction of sp³-hybridized carbons (Fsp3) is 0.222. The molecule has 1 aliphatic rings. The van der Waals surface area contributed by atoms with Crippen LogP contribution in [-0.2, 0) is 11.2 Å². The van der Waals surface area contributed by atoms with E-state index >= 15 is 0 Å². The second-order valence-corrected chi connectivity index (χ2v) is 9.48. The standard InChI is InChI=1S/C27H23Cl2N3O2/c1-32(2)27-17(13-23(33)21-8-10-34-24-6-4-3-5-22(21)24)15-31-25-20(7-9-30-26(25)27)16-11-18(28)14-19(29)12-16/h3-7,9,11-12,14-15,21H,8,10,13H2,1-2H3/t21-/m0/s1. The molecule has 7 heteroatoms. The lowest BCUT2D eigenvalue weighted by Gasteiger charge is -2.26. The summed E-state index contributed by atoms with van der Waals surface area (Å²) in [6.07, 6.45) is 4.48. The Labute approximate surface area is 208 Å². The molecule has 0 spiro atoms. The third-order valence-corrected chi connectivity index (χ3v) is 6.57. The number of aromatic nitrogens is 2. The summed E-state index contributed by atoms with van der Waals surface area (Å²) >= 11 is 12.5. The summed E-state index contributed by atoms with van der Waals surface area (Å²) in [4.78, 5) is 24.8. The van der Waals surface area contributed by atoms with Gasteiger partial charge in [0, 0.05) is 65.6 Å². The molecule has 1 atom stereocenters. The van der Waals surface area contributed by atoms with Gasteiger partial charge >= 0.3 is 0 Å². The number of ether oxygens (including phenoxy) is 1. The molecule has 0 bridgehead atoms. The van der Waals surface area contributed by atoms with Gasteiger partial charge in [-0.3, -0.25) is 14.8 Å². The maximum absolute atomic E-state index is 13.5. The first-order valence-corrected chi connectivity index (χ1v) is 11.8. The van der Waals surface area contributed by atoms with Crippen LogP contribution in [0.1, 0.15) is 23.5 Å². The number of hydrogen-bond acceptors (Lipinski definition) is 5.